The van der Waals surface area contributed by atoms with E-state index in [0.29, 0.717) is 11.3 Å². The fourth-order valence-electron chi connectivity index (χ4n) is 1.75. The van der Waals surface area contributed by atoms with Crippen molar-refractivity contribution in [1.82, 2.24) is 0 Å². The van der Waals surface area contributed by atoms with Crippen LogP contribution in [0.5, 0.6) is 0 Å². The van der Waals surface area contributed by atoms with E-state index >= 15 is 0 Å². The van der Waals surface area contributed by atoms with Gasteiger partial charge in [0.25, 0.3) is 0 Å². The minimum atomic E-state index is 0.305. The number of carbonyl (C=O) groups excluding carboxylic acids is 1. The number of allylic oxidation sites excluding steroid dienone is 4. The molecule has 1 nitrogen and oxygen atoms in total. The van der Waals surface area contributed by atoms with Gasteiger partial charge in [0, 0.05) is 0 Å². The summed E-state index contributed by atoms with van der Waals surface area (Å²) in [5, 5.41) is 0. The average molecular weight is 178 g/mol. The first-order chi connectivity index (χ1) is 6.06. The zero-order valence-corrected chi connectivity index (χ0v) is 8.71. The van der Waals surface area contributed by atoms with E-state index in [4.69, 9.17) is 0 Å². The van der Waals surface area contributed by atoms with Gasteiger partial charge < -0.3 is 0 Å². The third kappa shape index (κ3) is 2.55. The minimum Gasteiger partial charge on any atom is -0.298 e. The number of hydrogen-bond acceptors (Lipinski definition) is 1. The molecule has 1 aliphatic carbocycles. The lowest BCUT2D eigenvalue weighted by Crippen LogP contribution is -2.16. The summed E-state index contributed by atoms with van der Waals surface area (Å²) >= 11 is 0. The van der Waals surface area contributed by atoms with E-state index in [1.807, 2.05) is 13.0 Å². The highest BCUT2D eigenvalue weighted by molar-refractivity contribution is 5.71. The van der Waals surface area contributed by atoms with Crippen molar-refractivity contribution in [2.75, 3.05) is 0 Å². The average Bonchev–Trinajstić information content (AvgIpc) is 2.41. The Labute approximate surface area is 80.5 Å². The van der Waals surface area contributed by atoms with Gasteiger partial charge in [-0.1, -0.05) is 32.1 Å². The molecule has 0 N–H and O–H groups in total. The summed E-state index contributed by atoms with van der Waals surface area (Å²) < 4.78 is 0. The van der Waals surface area contributed by atoms with Crippen molar-refractivity contribution < 1.29 is 4.79 Å². The van der Waals surface area contributed by atoms with Crippen LogP contribution in [0.25, 0.3) is 0 Å². The number of hydrogen-bond donors (Lipinski definition) is 0. The first-order valence-corrected chi connectivity index (χ1v) is 4.86. The van der Waals surface area contributed by atoms with E-state index in [0.717, 1.165) is 24.7 Å². The summed E-state index contributed by atoms with van der Waals surface area (Å²) in [5.41, 5.74) is 1.15. The van der Waals surface area contributed by atoms with Crippen molar-refractivity contribution in [2.24, 2.45) is 11.3 Å². The Bertz CT molecular complexity index is 246. The molecular weight excluding hydrogens is 160 g/mol. The molecule has 1 rings (SSSR count). The number of aldehydes is 1. The fourth-order valence-corrected chi connectivity index (χ4v) is 1.75. The van der Waals surface area contributed by atoms with Gasteiger partial charge in [0.15, 0.2) is 0 Å². The zero-order valence-electron chi connectivity index (χ0n) is 8.71. The van der Waals surface area contributed by atoms with E-state index < -0.39 is 0 Å². The molecule has 0 saturated carbocycles. The number of carbonyl (C=O) groups is 1. The third-order valence-electron chi connectivity index (χ3n) is 2.93. The van der Waals surface area contributed by atoms with E-state index in [2.05, 4.69) is 26.0 Å². The van der Waals surface area contributed by atoms with E-state index in [1.165, 1.54) is 0 Å². The molecule has 0 aliphatic heterocycles. The summed E-state index contributed by atoms with van der Waals surface area (Å²) in [6.45, 7) is 6.37. The molecule has 0 radical (unpaired) electrons. The Hall–Kier alpha value is -0.850. The monoisotopic (exact) mass is 178 g/mol. The Kier molecular flexibility index (Phi) is 3.07. The highest BCUT2D eigenvalue weighted by Gasteiger charge is 2.28. The Morgan fingerprint density at radius 1 is 1.62 bits per heavy atom. The minimum absolute atomic E-state index is 0.305. The normalized spacial score (nSPS) is 26.4. The van der Waals surface area contributed by atoms with Crippen LogP contribution in [0, 0.1) is 11.3 Å². The van der Waals surface area contributed by atoms with Crippen LogP contribution in [-0.2, 0) is 4.79 Å². The summed E-state index contributed by atoms with van der Waals surface area (Å²) in [4.78, 5) is 10.4. The second-order valence-corrected chi connectivity index (χ2v) is 4.46. The van der Waals surface area contributed by atoms with E-state index in [1.54, 1.807) is 0 Å². The molecule has 72 valence electrons. The smallest absolute Gasteiger partial charge is 0.145 e. The van der Waals surface area contributed by atoms with E-state index in [-0.39, 0.29) is 0 Å². The molecule has 0 aromatic heterocycles. The molecule has 0 amide bonds. The summed E-state index contributed by atoms with van der Waals surface area (Å²) in [5.74, 6) is 0.669. The van der Waals surface area contributed by atoms with Gasteiger partial charge in [-0.05, 0) is 36.7 Å². The van der Waals surface area contributed by atoms with Crippen LogP contribution in [0.15, 0.2) is 23.8 Å². The van der Waals surface area contributed by atoms with Gasteiger partial charge >= 0.3 is 0 Å². The molecule has 0 aromatic rings. The van der Waals surface area contributed by atoms with Crippen molar-refractivity contribution in [3.63, 3.8) is 0 Å². The largest absolute Gasteiger partial charge is 0.298 e. The van der Waals surface area contributed by atoms with Crippen LogP contribution in [0.1, 0.15) is 33.6 Å². The summed E-state index contributed by atoms with van der Waals surface area (Å²) in [6, 6.07) is 0. The molecule has 0 aromatic carbocycles. The predicted molar refractivity (Wildman–Crippen MR) is 55.5 cm³/mol. The highest BCUT2D eigenvalue weighted by atomic mass is 16.1. The van der Waals surface area contributed by atoms with Crippen LogP contribution in [-0.4, -0.2) is 6.29 Å². The van der Waals surface area contributed by atoms with Gasteiger partial charge in [-0.25, -0.2) is 0 Å². The molecule has 1 atom stereocenters. The van der Waals surface area contributed by atoms with Gasteiger partial charge in [-0.2, -0.15) is 0 Å². The topological polar surface area (TPSA) is 17.1 Å². The SMILES string of the molecule is C/C(C=O)=C\CC1CC=CC1(C)C. The lowest BCUT2D eigenvalue weighted by atomic mass is 9.80. The maximum Gasteiger partial charge on any atom is 0.145 e. The molecular formula is C12H18O. The van der Waals surface area contributed by atoms with Gasteiger partial charge in [0.05, 0.1) is 0 Å². The van der Waals surface area contributed by atoms with Crippen molar-refractivity contribution >= 4 is 6.29 Å². The van der Waals surface area contributed by atoms with Crippen molar-refractivity contribution in [3.05, 3.63) is 23.8 Å². The highest BCUT2D eigenvalue weighted by Crippen LogP contribution is 2.39. The molecule has 0 bridgehead atoms. The molecule has 1 unspecified atom stereocenters. The lowest BCUT2D eigenvalue weighted by Gasteiger charge is -2.25. The van der Waals surface area contributed by atoms with Crippen molar-refractivity contribution in [3.8, 4) is 0 Å². The second kappa shape index (κ2) is 3.91. The summed E-state index contributed by atoms with van der Waals surface area (Å²) in [7, 11) is 0. The standard InChI is InChI=1S/C12H18O/c1-10(9-13)6-7-11-5-4-8-12(11,2)3/h4,6,8-9,11H,5,7H2,1-3H3/b10-6+. The molecule has 1 heteroatoms. The van der Waals surface area contributed by atoms with Crippen molar-refractivity contribution in [2.45, 2.75) is 33.6 Å². The van der Waals surface area contributed by atoms with Crippen LogP contribution in [0.2, 0.25) is 0 Å². The zero-order chi connectivity index (χ0) is 9.90. The summed E-state index contributed by atoms with van der Waals surface area (Å²) in [6.07, 6.45) is 9.67. The van der Waals surface area contributed by atoms with Gasteiger partial charge in [0.1, 0.15) is 6.29 Å². The molecule has 0 heterocycles. The predicted octanol–water partition coefficient (Wildman–Crippen LogP) is 3.12. The second-order valence-electron chi connectivity index (χ2n) is 4.46. The molecule has 0 saturated heterocycles. The van der Waals surface area contributed by atoms with Crippen molar-refractivity contribution in [1.29, 1.82) is 0 Å². The van der Waals surface area contributed by atoms with Gasteiger partial charge in [-0.15, -0.1) is 0 Å². The molecule has 1 aliphatic rings. The van der Waals surface area contributed by atoms with Gasteiger partial charge in [0.2, 0.25) is 0 Å². The fraction of sp³-hybridized carbons (Fsp3) is 0.583. The molecule has 0 fully saturated rings. The van der Waals surface area contributed by atoms with Crippen LogP contribution in [0.3, 0.4) is 0 Å². The van der Waals surface area contributed by atoms with Gasteiger partial charge in [-0.3, -0.25) is 4.79 Å². The van der Waals surface area contributed by atoms with Crippen LogP contribution in [0.4, 0.5) is 0 Å². The maximum atomic E-state index is 10.4. The first-order valence-electron chi connectivity index (χ1n) is 4.86. The molecule has 0 spiro atoms. The van der Waals surface area contributed by atoms with E-state index in [9.17, 15) is 4.79 Å². The molecule has 13 heavy (non-hydrogen) atoms. The van der Waals surface area contributed by atoms with Crippen LogP contribution >= 0.6 is 0 Å². The van der Waals surface area contributed by atoms with Crippen LogP contribution < -0.4 is 0 Å². The Morgan fingerprint density at radius 2 is 2.31 bits per heavy atom. The number of rotatable bonds is 3. The lowest BCUT2D eigenvalue weighted by molar-refractivity contribution is -0.104. The Morgan fingerprint density at radius 3 is 2.77 bits per heavy atom. The third-order valence-corrected chi connectivity index (χ3v) is 2.93. The first kappa shape index (κ1) is 10.2. The maximum absolute atomic E-state index is 10.4. The Balaban J connectivity index is 2.52. The quantitative estimate of drug-likeness (QED) is 0.368.